The van der Waals surface area contributed by atoms with E-state index in [2.05, 4.69) is 69.3 Å². The molecule has 3 saturated carbocycles. The van der Waals surface area contributed by atoms with E-state index in [1.165, 1.54) is 79.9 Å². The first-order valence-corrected chi connectivity index (χ1v) is 16.7. The van der Waals surface area contributed by atoms with Gasteiger partial charge in [0.1, 0.15) is 0 Å². The molecule has 0 amide bonds. The zero-order chi connectivity index (χ0) is 30.2. The Kier molecular flexibility index (Phi) is 10.8. The molecule has 0 spiro atoms. The molecule has 9 heteroatoms. The minimum atomic E-state index is -5.84. The fourth-order valence-corrected chi connectivity index (χ4v) is 8.16. The molecule has 2 aromatic carbocycles. The van der Waals surface area contributed by atoms with Gasteiger partial charge in [0.05, 0.1) is 5.52 Å². The van der Waals surface area contributed by atoms with Gasteiger partial charge in [-0.3, -0.25) is 9.54 Å². The zero-order valence-electron chi connectivity index (χ0n) is 25.0. The van der Waals surface area contributed by atoms with E-state index < -0.39 is 15.6 Å². The summed E-state index contributed by atoms with van der Waals surface area (Å²) in [6.45, 7) is 7.18. The minimum absolute atomic E-state index is 0. The standard InChI is InChI=1S/C33H40N.CHF3O3S.Ir/c1-21-14-24-18-23(3)33(28(17-21)19-24)30-10-7-11-32-29(30)12-13-31(34-32)27-16-22(2)15-26(20-27)25-8-5-4-6-9-25;2-1(3,4)8(5,6)7;/h7,10-13,15,20-21,23-25,28,33H,4-6,8-9,14,17-19H2,1-3H3;(H,5,6,7);/q-1;;. The van der Waals surface area contributed by atoms with E-state index >= 15 is 0 Å². The Morgan fingerprint density at radius 3 is 2.33 bits per heavy atom. The third-order valence-electron chi connectivity index (χ3n) is 9.70. The van der Waals surface area contributed by atoms with Crippen molar-refractivity contribution in [1.82, 2.24) is 4.98 Å². The van der Waals surface area contributed by atoms with Crippen LogP contribution < -0.4 is 0 Å². The number of benzene rings is 2. The number of alkyl halides is 3. The molecule has 237 valence electrons. The van der Waals surface area contributed by atoms with Crippen molar-refractivity contribution >= 4 is 21.0 Å². The first-order chi connectivity index (χ1) is 19.8. The molecular formula is C34H41F3IrNO3S-. The normalized spacial score (nSPS) is 26.3. The number of aryl methyl sites for hydroxylation is 1. The summed E-state index contributed by atoms with van der Waals surface area (Å²) in [6, 6.07) is 19.9. The minimum Gasteiger partial charge on any atom is -0.296 e. The Bertz CT molecular complexity index is 1520. The van der Waals surface area contributed by atoms with Crippen LogP contribution in [0.3, 0.4) is 0 Å². The van der Waals surface area contributed by atoms with E-state index in [1.807, 2.05) is 0 Å². The maximum Gasteiger partial charge on any atom is 0.522 e. The van der Waals surface area contributed by atoms with Gasteiger partial charge in [0, 0.05) is 25.5 Å². The Labute approximate surface area is 267 Å². The summed E-state index contributed by atoms with van der Waals surface area (Å²) in [7, 11) is -5.84. The second kappa shape index (κ2) is 13.7. The van der Waals surface area contributed by atoms with Gasteiger partial charge in [-0.1, -0.05) is 64.3 Å². The molecule has 1 heterocycles. The van der Waals surface area contributed by atoms with Gasteiger partial charge in [-0.25, -0.2) is 0 Å². The van der Waals surface area contributed by atoms with Gasteiger partial charge in [-0.15, -0.1) is 34.9 Å². The monoisotopic (exact) mass is 793 g/mol. The molecule has 43 heavy (non-hydrogen) atoms. The van der Waals surface area contributed by atoms with Crippen LogP contribution in [0.5, 0.6) is 0 Å². The van der Waals surface area contributed by atoms with E-state index in [4.69, 9.17) is 18.0 Å². The molecule has 0 aliphatic heterocycles. The number of halogens is 3. The number of nitrogens with zero attached hydrogens (tertiary/aromatic N) is 1. The molecule has 0 saturated heterocycles. The number of pyridine rings is 1. The summed E-state index contributed by atoms with van der Waals surface area (Å²) in [4.78, 5) is 5.22. The van der Waals surface area contributed by atoms with Crippen LogP contribution in [-0.2, 0) is 30.2 Å². The number of hydrogen-bond donors (Lipinski definition) is 1. The number of rotatable bonds is 3. The topological polar surface area (TPSA) is 67.3 Å². The van der Waals surface area contributed by atoms with Crippen molar-refractivity contribution in [2.75, 3.05) is 0 Å². The van der Waals surface area contributed by atoms with Crippen LogP contribution in [0, 0.1) is 36.7 Å². The molecule has 2 bridgehead atoms. The molecular weight excluding hydrogens is 752 g/mol. The molecule has 6 rings (SSSR count). The Morgan fingerprint density at radius 2 is 1.65 bits per heavy atom. The smallest absolute Gasteiger partial charge is 0.296 e. The van der Waals surface area contributed by atoms with Gasteiger partial charge in [-0.2, -0.15) is 21.6 Å². The molecule has 3 fully saturated rings. The van der Waals surface area contributed by atoms with E-state index in [-0.39, 0.29) is 20.1 Å². The second-order valence-corrected chi connectivity index (χ2v) is 14.5. The Balaban J connectivity index is 0.000000417. The van der Waals surface area contributed by atoms with Crippen LogP contribution in [0.1, 0.15) is 100 Å². The zero-order valence-corrected chi connectivity index (χ0v) is 28.2. The molecule has 5 atom stereocenters. The van der Waals surface area contributed by atoms with Crippen molar-refractivity contribution < 1.29 is 46.2 Å². The molecule has 1 radical (unpaired) electrons. The van der Waals surface area contributed by atoms with Gasteiger partial charge >= 0.3 is 15.6 Å². The van der Waals surface area contributed by atoms with Gasteiger partial charge in [0.15, 0.2) is 0 Å². The van der Waals surface area contributed by atoms with E-state index in [1.54, 1.807) is 5.56 Å². The van der Waals surface area contributed by atoms with Crippen molar-refractivity contribution in [2.45, 2.75) is 95.9 Å². The summed E-state index contributed by atoms with van der Waals surface area (Å²) >= 11 is 0. The van der Waals surface area contributed by atoms with E-state index in [0.717, 1.165) is 34.9 Å². The van der Waals surface area contributed by atoms with E-state index in [9.17, 15) is 13.2 Å². The molecule has 3 aliphatic rings. The first-order valence-electron chi connectivity index (χ1n) is 15.3. The maximum absolute atomic E-state index is 10.7. The Hall–Kier alpha value is -1.80. The average molecular weight is 793 g/mol. The fourth-order valence-electron chi connectivity index (χ4n) is 8.16. The maximum atomic E-state index is 10.7. The third-order valence-corrected chi connectivity index (χ3v) is 10.3. The number of aromatic nitrogens is 1. The summed E-state index contributed by atoms with van der Waals surface area (Å²) in [5, 5.41) is 1.37. The van der Waals surface area contributed by atoms with Gasteiger partial charge < -0.3 is 0 Å². The second-order valence-electron chi connectivity index (χ2n) is 13.1. The van der Waals surface area contributed by atoms with Crippen LogP contribution in [0.2, 0.25) is 0 Å². The van der Waals surface area contributed by atoms with Gasteiger partial charge in [-0.05, 0) is 91.4 Å². The summed E-state index contributed by atoms with van der Waals surface area (Å²) in [5.74, 6) is 4.83. The van der Waals surface area contributed by atoms with Crippen molar-refractivity contribution in [1.29, 1.82) is 0 Å². The molecule has 4 nitrogen and oxygen atoms in total. The molecule has 3 aromatic rings. The van der Waals surface area contributed by atoms with Crippen LogP contribution in [0.4, 0.5) is 13.2 Å². The number of hydrogen-bond acceptors (Lipinski definition) is 3. The van der Waals surface area contributed by atoms with Crippen molar-refractivity contribution in [3.63, 3.8) is 0 Å². The first kappa shape index (κ1) is 34.1. The predicted molar refractivity (Wildman–Crippen MR) is 161 cm³/mol. The van der Waals surface area contributed by atoms with E-state index in [0.29, 0.717) is 11.8 Å². The molecule has 1 aromatic heterocycles. The largest absolute Gasteiger partial charge is 0.522 e. The van der Waals surface area contributed by atoms with Crippen LogP contribution in [0.15, 0.2) is 42.5 Å². The number of fused-ring (bicyclic) bond motifs is 3. The van der Waals surface area contributed by atoms with Gasteiger partial charge in [0.25, 0.3) is 0 Å². The van der Waals surface area contributed by atoms with Gasteiger partial charge in [0.2, 0.25) is 0 Å². The van der Waals surface area contributed by atoms with Crippen LogP contribution in [0.25, 0.3) is 22.2 Å². The molecule has 3 aliphatic carbocycles. The molecule has 1 N–H and O–H groups in total. The Morgan fingerprint density at radius 1 is 0.953 bits per heavy atom. The van der Waals surface area contributed by atoms with Crippen molar-refractivity contribution in [3.05, 3.63) is 65.2 Å². The summed E-state index contributed by atoms with van der Waals surface area (Å²) in [6.07, 6.45) is 12.5. The quantitative estimate of drug-likeness (QED) is 0.163. The fraction of sp³-hybridized carbons (Fsp3) is 0.559. The third kappa shape index (κ3) is 7.89. The molecule has 5 unspecified atom stereocenters. The summed E-state index contributed by atoms with van der Waals surface area (Å²) in [5.41, 5.74) is 2.16. The average Bonchev–Trinajstić information content (AvgIpc) is 2.92. The summed E-state index contributed by atoms with van der Waals surface area (Å²) < 4.78 is 57.5. The SMILES string of the molecule is Cc1[c-]c(-c2ccc3c(C4C(C)CC5CC(C)CC4C5)cccc3n2)cc(C2CCCCC2)c1.O=S(=O)(O)C(F)(F)F.[Ir]. The van der Waals surface area contributed by atoms with Crippen LogP contribution in [-0.4, -0.2) is 23.5 Å². The predicted octanol–water partition coefficient (Wildman–Crippen LogP) is 9.63. The van der Waals surface area contributed by atoms with Crippen molar-refractivity contribution in [3.8, 4) is 11.3 Å². The van der Waals surface area contributed by atoms with Crippen LogP contribution >= 0.6 is 0 Å². The van der Waals surface area contributed by atoms with Crippen molar-refractivity contribution in [2.24, 2.45) is 23.7 Å².